The maximum absolute atomic E-state index is 12.6. The van der Waals surface area contributed by atoms with Crippen LogP contribution in [-0.2, 0) is 9.53 Å². The third kappa shape index (κ3) is 4.81. The quantitative estimate of drug-likeness (QED) is 0.872. The number of hydrogen-bond acceptors (Lipinski definition) is 3. The third-order valence-electron chi connectivity index (χ3n) is 5.30. The van der Waals surface area contributed by atoms with Crippen LogP contribution in [0.3, 0.4) is 0 Å². The van der Waals surface area contributed by atoms with Crippen molar-refractivity contribution >= 4 is 5.91 Å². The van der Waals surface area contributed by atoms with Gasteiger partial charge in [-0.05, 0) is 43.1 Å². The second-order valence-electron chi connectivity index (χ2n) is 7.40. The van der Waals surface area contributed by atoms with Gasteiger partial charge in [-0.3, -0.25) is 4.79 Å². The zero-order valence-corrected chi connectivity index (χ0v) is 14.7. The van der Waals surface area contributed by atoms with Crippen LogP contribution in [-0.4, -0.2) is 43.7 Å². The standard InChI is InChI=1S/C20H30N2O2/c1-16-6-5-10-22(14-16)20(23)13-21-19(12-17-9-11-24-15-17)18-7-3-2-4-8-18/h2-4,7-8,16-17,19,21H,5-6,9-15H2,1H3/t16-,17+,19-/m1/s1. The summed E-state index contributed by atoms with van der Waals surface area (Å²) in [5.41, 5.74) is 1.27. The summed E-state index contributed by atoms with van der Waals surface area (Å²) in [7, 11) is 0. The van der Waals surface area contributed by atoms with E-state index in [1.807, 2.05) is 11.0 Å². The van der Waals surface area contributed by atoms with Gasteiger partial charge in [-0.25, -0.2) is 0 Å². The van der Waals surface area contributed by atoms with Crippen LogP contribution in [0.1, 0.15) is 44.2 Å². The van der Waals surface area contributed by atoms with E-state index >= 15 is 0 Å². The first-order valence-corrected chi connectivity index (χ1v) is 9.36. The highest BCUT2D eigenvalue weighted by atomic mass is 16.5. The minimum absolute atomic E-state index is 0.226. The first-order valence-electron chi connectivity index (χ1n) is 9.36. The average Bonchev–Trinajstić information content (AvgIpc) is 3.12. The molecule has 1 amide bonds. The van der Waals surface area contributed by atoms with Crippen LogP contribution in [0.5, 0.6) is 0 Å². The number of nitrogens with one attached hydrogen (secondary N) is 1. The zero-order chi connectivity index (χ0) is 16.8. The molecular weight excluding hydrogens is 300 g/mol. The molecule has 0 aliphatic carbocycles. The van der Waals surface area contributed by atoms with Crippen LogP contribution < -0.4 is 5.32 Å². The number of ether oxygens (including phenoxy) is 1. The first kappa shape index (κ1) is 17.4. The van der Waals surface area contributed by atoms with Crippen molar-refractivity contribution in [2.24, 2.45) is 11.8 Å². The smallest absolute Gasteiger partial charge is 0.236 e. The van der Waals surface area contributed by atoms with Gasteiger partial charge in [-0.15, -0.1) is 0 Å². The van der Waals surface area contributed by atoms with Crippen LogP contribution in [0.4, 0.5) is 0 Å². The summed E-state index contributed by atoms with van der Waals surface area (Å²) >= 11 is 0. The molecular formula is C20H30N2O2. The Hall–Kier alpha value is -1.39. The van der Waals surface area contributed by atoms with Gasteiger partial charge in [0.2, 0.25) is 5.91 Å². The van der Waals surface area contributed by atoms with E-state index in [4.69, 9.17) is 4.74 Å². The van der Waals surface area contributed by atoms with Gasteiger partial charge in [0.15, 0.2) is 0 Å². The molecule has 1 aromatic rings. The van der Waals surface area contributed by atoms with Crippen molar-refractivity contribution in [1.82, 2.24) is 10.2 Å². The van der Waals surface area contributed by atoms with E-state index in [2.05, 4.69) is 36.5 Å². The van der Waals surface area contributed by atoms with E-state index in [0.717, 1.165) is 45.6 Å². The molecule has 3 rings (SSSR count). The van der Waals surface area contributed by atoms with E-state index in [-0.39, 0.29) is 11.9 Å². The normalized spacial score (nSPS) is 25.6. The van der Waals surface area contributed by atoms with Crippen LogP contribution in [0.15, 0.2) is 30.3 Å². The molecule has 2 fully saturated rings. The minimum atomic E-state index is 0.226. The molecule has 0 spiro atoms. The second-order valence-corrected chi connectivity index (χ2v) is 7.40. The molecule has 2 aliphatic heterocycles. The fourth-order valence-corrected chi connectivity index (χ4v) is 3.86. The number of likely N-dealkylation sites (tertiary alicyclic amines) is 1. The lowest BCUT2D eigenvalue weighted by molar-refractivity contribution is -0.132. The number of carbonyl (C=O) groups is 1. The van der Waals surface area contributed by atoms with E-state index < -0.39 is 0 Å². The van der Waals surface area contributed by atoms with Crippen molar-refractivity contribution in [1.29, 1.82) is 0 Å². The summed E-state index contributed by atoms with van der Waals surface area (Å²) in [4.78, 5) is 14.6. The van der Waals surface area contributed by atoms with Crippen molar-refractivity contribution in [2.75, 3.05) is 32.8 Å². The summed E-state index contributed by atoms with van der Waals surface area (Å²) in [6, 6.07) is 10.7. The summed E-state index contributed by atoms with van der Waals surface area (Å²) in [6.45, 7) is 6.21. The number of amides is 1. The molecule has 0 bridgehead atoms. The van der Waals surface area contributed by atoms with Gasteiger partial charge in [0.25, 0.3) is 0 Å². The molecule has 2 aliphatic rings. The molecule has 2 saturated heterocycles. The molecule has 0 radical (unpaired) electrons. The third-order valence-corrected chi connectivity index (χ3v) is 5.30. The summed E-state index contributed by atoms with van der Waals surface area (Å²) in [5.74, 6) is 1.46. The highest BCUT2D eigenvalue weighted by molar-refractivity contribution is 5.78. The predicted molar refractivity (Wildman–Crippen MR) is 95.7 cm³/mol. The SMILES string of the molecule is C[C@@H]1CCCN(C(=O)CN[C@H](C[C@@H]2CCOC2)c2ccccc2)C1. The Morgan fingerprint density at radius 1 is 1.33 bits per heavy atom. The maximum Gasteiger partial charge on any atom is 0.236 e. The lowest BCUT2D eigenvalue weighted by atomic mass is 9.94. The van der Waals surface area contributed by atoms with E-state index in [0.29, 0.717) is 18.4 Å². The average molecular weight is 330 g/mol. The fourth-order valence-electron chi connectivity index (χ4n) is 3.86. The van der Waals surface area contributed by atoms with Gasteiger partial charge < -0.3 is 15.0 Å². The van der Waals surface area contributed by atoms with Crippen LogP contribution in [0.25, 0.3) is 0 Å². The van der Waals surface area contributed by atoms with Gasteiger partial charge in [0, 0.05) is 32.3 Å². The van der Waals surface area contributed by atoms with Crippen LogP contribution in [0.2, 0.25) is 0 Å². The summed E-state index contributed by atoms with van der Waals surface area (Å²) in [6.07, 6.45) is 4.54. The number of nitrogens with zero attached hydrogens (tertiary/aromatic N) is 1. The topological polar surface area (TPSA) is 41.6 Å². The Morgan fingerprint density at radius 3 is 2.88 bits per heavy atom. The Kier molecular flexibility index (Phi) is 6.27. The van der Waals surface area contributed by atoms with Gasteiger partial charge >= 0.3 is 0 Å². The molecule has 0 saturated carbocycles. The lowest BCUT2D eigenvalue weighted by Crippen LogP contribution is -2.44. The van der Waals surface area contributed by atoms with E-state index in [1.165, 1.54) is 12.0 Å². The molecule has 4 nitrogen and oxygen atoms in total. The largest absolute Gasteiger partial charge is 0.381 e. The number of carbonyl (C=O) groups excluding carboxylic acids is 1. The van der Waals surface area contributed by atoms with Crippen molar-refractivity contribution in [3.05, 3.63) is 35.9 Å². The van der Waals surface area contributed by atoms with Gasteiger partial charge in [0.05, 0.1) is 6.54 Å². The molecule has 1 aromatic carbocycles. The molecule has 132 valence electrons. The summed E-state index contributed by atoms with van der Waals surface area (Å²) in [5, 5.41) is 3.53. The monoisotopic (exact) mass is 330 g/mol. The number of hydrogen-bond donors (Lipinski definition) is 1. The van der Waals surface area contributed by atoms with E-state index in [9.17, 15) is 4.79 Å². The molecule has 1 N–H and O–H groups in total. The van der Waals surface area contributed by atoms with Crippen molar-refractivity contribution in [2.45, 2.75) is 38.6 Å². The Bertz CT molecular complexity index is 514. The van der Waals surface area contributed by atoms with Crippen LogP contribution >= 0.6 is 0 Å². The maximum atomic E-state index is 12.6. The fraction of sp³-hybridized carbons (Fsp3) is 0.650. The Labute approximate surface area is 145 Å². The predicted octanol–water partition coefficient (Wildman–Crippen LogP) is 3.00. The van der Waals surface area contributed by atoms with Gasteiger partial charge in [0.1, 0.15) is 0 Å². The van der Waals surface area contributed by atoms with Crippen molar-refractivity contribution < 1.29 is 9.53 Å². The Balaban J connectivity index is 1.57. The molecule has 0 aromatic heterocycles. The first-order chi connectivity index (χ1) is 11.7. The van der Waals surface area contributed by atoms with Crippen molar-refractivity contribution in [3.8, 4) is 0 Å². The van der Waals surface area contributed by atoms with Crippen LogP contribution in [0, 0.1) is 11.8 Å². The Morgan fingerprint density at radius 2 is 2.17 bits per heavy atom. The minimum Gasteiger partial charge on any atom is -0.381 e. The highest BCUT2D eigenvalue weighted by Gasteiger charge is 2.24. The number of benzene rings is 1. The highest BCUT2D eigenvalue weighted by Crippen LogP contribution is 2.26. The molecule has 4 heteroatoms. The molecule has 0 unspecified atom stereocenters. The van der Waals surface area contributed by atoms with E-state index in [1.54, 1.807) is 0 Å². The number of piperidine rings is 1. The van der Waals surface area contributed by atoms with Crippen molar-refractivity contribution in [3.63, 3.8) is 0 Å². The molecule has 24 heavy (non-hydrogen) atoms. The summed E-state index contributed by atoms with van der Waals surface area (Å²) < 4.78 is 5.52. The molecule has 3 atom stereocenters. The lowest BCUT2D eigenvalue weighted by Gasteiger charge is -2.32. The van der Waals surface area contributed by atoms with Gasteiger partial charge in [-0.1, -0.05) is 37.3 Å². The second kappa shape index (κ2) is 8.63. The van der Waals surface area contributed by atoms with Gasteiger partial charge in [-0.2, -0.15) is 0 Å². The number of rotatable bonds is 6. The zero-order valence-electron chi connectivity index (χ0n) is 14.7. The molecule has 2 heterocycles.